The molecule has 2 unspecified atom stereocenters. The highest BCUT2D eigenvalue weighted by atomic mass is 35.5. The van der Waals surface area contributed by atoms with Gasteiger partial charge in [-0.15, -0.1) is 12.4 Å². The van der Waals surface area contributed by atoms with Crippen molar-refractivity contribution in [2.45, 2.75) is 62.0 Å². The lowest BCUT2D eigenvalue weighted by atomic mass is 9.98. The summed E-state index contributed by atoms with van der Waals surface area (Å²) in [6.45, 7) is 2.49. The molecule has 0 aromatic heterocycles. The molecule has 0 radical (unpaired) electrons. The Hall–Kier alpha value is -1.35. The number of nitrogens with one attached hydrogen (secondary N) is 2. The van der Waals surface area contributed by atoms with E-state index in [2.05, 4.69) is 10.0 Å². The van der Waals surface area contributed by atoms with Gasteiger partial charge in [0.05, 0.1) is 11.5 Å². The van der Waals surface area contributed by atoms with E-state index in [1.54, 1.807) is 17.0 Å². The quantitative estimate of drug-likeness (QED) is 0.656. The second kappa shape index (κ2) is 9.91. The highest BCUT2D eigenvalue weighted by Gasteiger charge is 2.36. The van der Waals surface area contributed by atoms with E-state index in [0.29, 0.717) is 24.4 Å². The smallest absolute Gasteiger partial charge is 0.240 e. The summed E-state index contributed by atoms with van der Waals surface area (Å²) in [4.78, 5) is 14.4. The van der Waals surface area contributed by atoms with E-state index in [1.807, 2.05) is 14.0 Å². The first-order chi connectivity index (χ1) is 12.9. The molecule has 3 rings (SSSR count). The van der Waals surface area contributed by atoms with Crippen LogP contribution in [0.5, 0.6) is 5.75 Å². The summed E-state index contributed by atoms with van der Waals surface area (Å²) in [7, 11) is -1.80. The molecular weight excluding hydrogens is 402 g/mol. The van der Waals surface area contributed by atoms with Gasteiger partial charge in [-0.05, 0) is 56.9 Å². The lowest BCUT2D eigenvalue weighted by Crippen LogP contribution is -2.49. The molecule has 1 aromatic rings. The highest BCUT2D eigenvalue weighted by molar-refractivity contribution is 7.89. The van der Waals surface area contributed by atoms with E-state index in [0.717, 1.165) is 12.8 Å². The number of ether oxygens (including phenoxy) is 1. The largest absolute Gasteiger partial charge is 0.494 e. The molecule has 1 aromatic carbocycles. The van der Waals surface area contributed by atoms with Crippen LogP contribution in [0.15, 0.2) is 29.2 Å². The van der Waals surface area contributed by atoms with Crippen molar-refractivity contribution in [1.82, 2.24) is 14.9 Å². The van der Waals surface area contributed by atoms with Crippen LogP contribution in [0.1, 0.15) is 39.0 Å². The SMILES string of the molecule is CCOc1ccc(S(=O)(=O)NCCC(=O)N(C)C2CC3CCC(C2)N3)cc1.Cl. The van der Waals surface area contributed by atoms with Crippen molar-refractivity contribution in [2.75, 3.05) is 20.2 Å². The summed E-state index contributed by atoms with van der Waals surface area (Å²) in [6.07, 6.45) is 4.50. The van der Waals surface area contributed by atoms with Crippen LogP contribution >= 0.6 is 12.4 Å². The van der Waals surface area contributed by atoms with E-state index in [9.17, 15) is 13.2 Å². The molecule has 2 N–H and O–H groups in total. The zero-order valence-electron chi connectivity index (χ0n) is 16.4. The Bertz CT molecular complexity index is 745. The van der Waals surface area contributed by atoms with Gasteiger partial charge in [0.25, 0.3) is 0 Å². The van der Waals surface area contributed by atoms with Crippen LogP contribution < -0.4 is 14.8 Å². The molecular formula is C19H30ClN3O4S. The number of hydrogen-bond acceptors (Lipinski definition) is 5. The first-order valence-electron chi connectivity index (χ1n) is 9.63. The third-order valence-electron chi connectivity index (χ3n) is 5.47. The van der Waals surface area contributed by atoms with Crippen LogP contribution in [-0.2, 0) is 14.8 Å². The molecule has 2 aliphatic heterocycles. The van der Waals surface area contributed by atoms with Crippen molar-refractivity contribution < 1.29 is 17.9 Å². The van der Waals surface area contributed by atoms with E-state index >= 15 is 0 Å². The maximum Gasteiger partial charge on any atom is 0.240 e. The number of benzene rings is 1. The number of fused-ring (bicyclic) bond motifs is 2. The van der Waals surface area contributed by atoms with Crippen molar-refractivity contribution >= 4 is 28.3 Å². The molecule has 2 heterocycles. The van der Waals surface area contributed by atoms with E-state index in [-0.39, 0.29) is 42.2 Å². The van der Waals surface area contributed by atoms with Crippen LogP contribution in [0.4, 0.5) is 0 Å². The van der Waals surface area contributed by atoms with Gasteiger partial charge in [0.15, 0.2) is 0 Å². The molecule has 2 fully saturated rings. The predicted molar refractivity (Wildman–Crippen MR) is 110 cm³/mol. The lowest BCUT2D eigenvalue weighted by molar-refractivity contribution is -0.132. The molecule has 0 spiro atoms. The molecule has 7 nitrogen and oxygen atoms in total. The Morgan fingerprint density at radius 2 is 1.82 bits per heavy atom. The van der Waals surface area contributed by atoms with Gasteiger partial charge < -0.3 is 15.0 Å². The van der Waals surface area contributed by atoms with Crippen LogP contribution in [0.25, 0.3) is 0 Å². The number of carbonyl (C=O) groups excluding carboxylic acids is 1. The number of nitrogens with zero attached hydrogens (tertiary/aromatic N) is 1. The molecule has 158 valence electrons. The Morgan fingerprint density at radius 1 is 1.21 bits per heavy atom. The fourth-order valence-corrected chi connectivity index (χ4v) is 5.01. The monoisotopic (exact) mass is 431 g/mol. The van der Waals surface area contributed by atoms with Crippen LogP contribution in [0, 0.1) is 0 Å². The standard InChI is InChI=1S/C19H29N3O4S.ClH/c1-3-26-17-6-8-18(9-7-17)27(24,25)20-11-10-19(23)22(2)16-12-14-4-5-15(13-16)21-14;/h6-9,14-16,20-21H,3-5,10-13H2,1-2H3;1H. The van der Waals surface area contributed by atoms with Crippen LogP contribution in [0.3, 0.4) is 0 Å². The van der Waals surface area contributed by atoms with Crippen molar-refractivity contribution in [3.63, 3.8) is 0 Å². The van der Waals surface area contributed by atoms with Gasteiger partial charge in [-0.25, -0.2) is 13.1 Å². The fraction of sp³-hybridized carbons (Fsp3) is 0.632. The zero-order chi connectivity index (χ0) is 19.4. The number of carbonyl (C=O) groups is 1. The van der Waals surface area contributed by atoms with Gasteiger partial charge in [0.1, 0.15) is 5.75 Å². The number of sulfonamides is 1. The molecule has 0 aliphatic carbocycles. The Balaban J connectivity index is 0.00000280. The molecule has 28 heavy (non-hydrogen) atoms. The van der Waals surface area contributed by atoms with Gasteiger partial charge in [0.2, 0.25) is 15.9 Å². The number of halogens is 1. The number of amides is 1. The minimum atomic E-state index is -3.63. The summed E-state index contributed by atoms with van der Waals surface area (Å²) in [5.41, 5.74) is 0. The second-order valence-corrected chi connectivity index (χ2v) is 9.09. The normalized spacial score (nSPS) is 23.7. The van der Waals surface area contributed by atoms with Crippen LogP contribution in [-0.4, -0.2) is 57.5 Å². The predicted octanol–water partition coefficient (Wildman–Crippen LogP) is 1.92. The van der Waals surface area contributed by atoms with Gasteiger partial charge >= 0.3 is 0 Å². The molecule has 2 bridgehead atoms. The third-order valence-corrected chi connectivity index (χ3v) is 6.94. The maximum atomic E-state index is 12.5. The van der Waals surface area contributed by atoms with Gasteiger partial charge in [-0.1, -0.05) is 0 Å². The Morgan fingerprint density at radius 3 is 2.39 bits per heavy atom. The van der Waals surface area contributed by atoms with Crippen molar-refractivity contribution in [2.24, 2.45) is 0 Å². The van der Waals surface area contributed by atoms with E-state index in [4.69, 9.17) is 4.74 Å². The molecule has 2 aliphatic rings. The third kappa shape index (κ3) is 5.59. The maximum absolute atomic E-state index is 12.5. The summed E-state index contributed by atoms with van der Waals surface area (Å²) < 4.78 is 32.6. The van der Waals surface area contributed by atoms with E-state index < -0.39 is 10.0 Å². The molecule has 0 saturated carbocycles. The van der Waals surface area contributed by atoms with Gasteiger partial charge in [-0.2, -0.15) is 0 Å². The van der Waals surface area contributed by atoms with E-state index in [1.165, 1.54) is 25.0 Å². The first kappa shape index (κ1) is 22.9. The minimum Gasteiger partial charge on any atom is -0.494 e. The second-order valence-electron chi connectivity index (χ2n) is 7.32. The fourth-order valence-electron chi connectivity index (χ4n) is 3.98. The minimum absolute atomic E-state index is 0. The first-order valence-corrected chi connectivity index (χ1v) is 11.1. The average Bonchev–Trinajstić information content (AvgIpc) is 2.99. The molecule has 9 heteroatoms. The topological polar surface area (TPSA) is 87.7 Å². The molecule has 2 saturated heterocycles. The number of piperidine rings is 1. The molecule has 2 atom stereocenters. The van der Waals surface area contributed by atoms with Gasteiger partial charge in [0, 0.05) is 38.1 Å². The van der Waals surface area contributed by atoms with Crippen molar-refractivity contribution in [3.05, 3.63) is 24.3 Å². The summed E-state index contributed by atoms with van der Waals surface area (Å²) in [5.74, 6) is 0.611. The van der Waals surface area contributed by atoms with Crippen molar-refractivity contribution in [3.8, 4) is 5.75 Å². The lowest BCUT2D eigenvalue weighted by Gasteiger charge is -2.35. The Labute approximate surface area is 173 Å². The van der Waals surface area contributed by atoms with Crippen LogP contribution in [0.2, 0.25) is 0 Å². The number of hydrogen-bond donors (Lipinski definition) is 2. The van der Waals surface area contributed by atoms with Crippen molar-refractivity contribution in [1.29, 1.82) is 0 Å². The number of rotatable bonds is 8. The zero-order valence-corrected chi connectivity index (χ0v) is 18.0. The summed E-state index contributed by atoms with van der Waals surface area (Å²) in [5, 5.41) is 3.57. The highest BCUT2D eigenvalue weighted by Crippen LogP contribution is 2.29. The van der Waals surface area contributed by atoms with Gasteiger partial charge in [-0.3, -0.25) is 4.79 Å². The Kier molecular flexibility index (Phi) is 8.12. The average molecular weight is 432 g/mol. The molecule has 1 amide bonds. The summed E-state index contributed by atoms with van der Waals surface area (Å²) in [6, 6.07) is 7.55. The summed E-state index contributed by atoms with van der Waals surface area (Å²) >= 11 is 0.